The standard InChI is InChI=1S/C12H15ClO3/c1-15-9-2-3-11(13)10(8-9)12(14)4-6-16-7-5-12/h2-3,8,14H,4-7H2,1H3. The van der Waals surface area contributed by atoms with Gasteiger partial charge in [0.2, 0.25) is 0 Å². The van der Waals surface area contributed by atoms with Gasteiger partial charge in [0.05, 0.1) is 12.7 Å². The third-order valence-electron chi connectivity index (χ3n) is 2.99. The van der Waals surface area contributed by atoms with Gasteiger partial charge >= 0.3 is 0 Å². The van der Waals surface area contributed by atoms with E-state index >= 15 is 0 Å². The maximum Gasteiger partial charge on any atom is 0.119 e. The molecule has 1 saturated heterocycles. The molecule has 0 unspecified atom stereocenters. The van der Waals surface area contributed by atoms with Crippen LogP contribution in [0.15, 0.2) is 18.2 Å². The van der Waals surface area contributed by atoms with E-state index in [1.807, 2.05) is 0 Å². The van der Waals surface area contributed by atoms with Crippen LogP contribution in [0, 0.1) is 0 Å². The summed E-state index contributed by atoms with van der Waals surface area (Å²) in [5.74, 6) is 0.708. The van der Waals surface area contributed by atoms with E-state index in [0.29, 0.717) is 36.8 Å². The van der Waals surface area contributed by atoms with Crippen LogP contribution in [0.1, 0.15) is 18.4 Å². The predicted molar refractivity (Wildman–Crippen MR) is 62.0 cm³/mol. The van der Waals surface area contributed by atoms with Crippen molar-refractivity contribution in [3.63, 3.8) is 0 Å². The molecule has 0 saturated carbocycles. The Morgan fingerprint density at radius 2 is 2.06 bits per heavy atom. The van der Waals surface area contributed by atoms with Crippen LogP contribution in [0.5, 0.6) is 5.75 Å². The van der Waals surface area contributed by atoms with Crippen molar-refractivity contribution in [1.29, 1.82) is 0 Å². The minimum absolute atomic E-state index is 0.560. The summed E-state index contributed by atoms with van der Waals surface area (Å²) in [6.45, 7) is 1.12. The highest BCUT2D eigenvalue weighted by molar-refractivity contribution is 6.31. The highest BCUT2D eigenvalue weighted by atomic mass is 35.5. The monoisotopic (exact) mass is 242 g/mol. The van der Waals surface area contributed by atoms with Crippen molar-refractivity contribution < 1.29 is 14.6 Å². The number of benzene rings is 1. The van der Waals surface area contributed by atoms with E-state index in [9.17, 15) is 5.11 Å². The van der Waals surface area contributed by atoms with Gasteiger partial charge in [-0.25, -0.2) is 0 Å². The van der Waals surface area contributed by atoms with E-state index < -0.39 is 5.60 Å². The van der Waals surface area contributed by atoms with Crippen molar-refractivity contribution in [3.8, 4) is 5.75 Å². The molecule has 16 heavy (non-hydrogen) atoms. The number of aliphatic hydroxyl groups is 1. The quantitative estimate of drug-likeness (QED) is 0.865. The second-order valence-corrected chi connectivity index (χ2v) is 4.40. The molecular formula is C12H15ClO3. The van der Waals surface area contributed by atoms with E-state index in [4.69, 9.17) is 21.1 Å². The lowest BCUT2D eigenvalue weighted by molar-refractivity contribution is -0.0679. The maximum absolute atomic E-state index is 10.5. The minimum Gasteiger partial charge on any atom is -0.497 e. The smallest absolute Gasteiger partial charge is 0.119 e. The molecule has 88 valence electrons. The molecule has 1 N–H and O–H groups in total. The van der Waals surface area contributed by atoms with Gasteiger partial charge in [0, 0.05) is 36.6 Å². The third kappa shape index (κ3) is 2.17. The van der Waals surface area contributed by atoms with E-state index in [-0.39, 0.29) is 0 Å². The van der Waals surface area contributed by atoms with Crippen LogP contribution in [0.2, 0.25) is 5.02 Å². The first-order chi connectivity index (χ1) is 7.65. The average Bonchev–Trinajstić information content (AvgIpc) is 2.30. The third-order valence-corrected chi connectivity index (χ3v) is 3.32. The Balaban J connectivity index is 2.37. The van der Waals surface area contributed by atoms with Gasteiger partial charge in [0.25, 0.3) is 0 Å². The summed E-state index contributed by atoms with van der Waals surface area (Å²) in [5.41, 5.74) is -0.152. The largest absolute Gasteiger partial charge is 0.497 e. The molecule has 0 atom stereocenters. The second kappa shape index (κ2) is 4.62. The Hall–Kier alpha value is -0.770. The number of ether oxygens (including phenoxy) is 2. The van der Waals surface area contributed by atoms with Gasteiger partial charge in [0.15, 0.2) is 0 Å². The molecule has 0 amide bonds. The number of hydrogen-bond donors (Lipinski definition) is 1. The second-order valence-electron chi connectivity index (χ2n) is 3.99. The summed E-state index contributed by atoms with van der Waals surface area (Å²) < 4.78 is 10.4. The minimum atomic E-state index is -0.885. The van der Waals surface area contributed by atoms with Crippen LogP contribution in [-0.4, -0.2) is 25.4 Å². The van der Waals surface area contributed by atoms with Gasteiger partial charge < -0.3 is 14.6 Å². The van der Waals surface area contributed by atoms with Crippen molar-refractivity contribution in [1.82, 2.24) is 0 Å². The van der Waals surface area contributed by atoms with Crippen molar-refractivity contribution in [2.45, 2.75) is 18.4 Å². The molecule has 1 aliphatic rings. The van der Waals surface area contributed by atoms with Crippen LogP contribution >= 0.6 is 11.6 Å². The summed E-state index contributed by atoms with van der Waals surface area (Å²) in [5, 5.41) is 11.1. The Morgan fingerprint density at radius 1 is 1.38 bits per heavy atom. The summed E-state index contributed by atoms with van der Waals surface area (Å²) >= 11 is 6.12. The van der Waals surface area contributed by atoms with E-state index in [2.05, 4.69) is 0 Å². The Morgan fingerprint density at radius 3 is 2.69 bits per heavy atom. The molecule has 1 aliphatic heterocycles. The fraction of sp³-hybridized carbons (Fsp3) is 0.500. The van der Waals surface area contributed by atoms with Crippen LogP contribution in [0.4, 0.5) is 0 Å². The van der Waals surface area contributed by atoms with Gasteiger partial charge in [-0.05, 0) is 18.2 Å². The maximum atomic E-state index is 10.5. The van der Waals surface area contributed by atoms with Crippen LogP contribution in [0.25, 0.3) is 0 Å². The Bertz CT molecular complexity index is 373. The lowest BCUT2D eigenvalue weighted by Crippen LogP contribution is -2.33. The fourth-order valence-corrected chi connectivity index (χ4v) is 2.26. The predicted octanol–water partition coefficient (Wildman–Crippen LogP) is 2.35. The number of hydrogen-bond acceptors (Lipinski definition) is 3. The van der Waals surface area contributed by atoms with E-state index in [1.165, 1.54) is 0 Å². The fourth-order valence-electron chi connectivity index (χ4n) is 1.97. The highest BCUT2D eigenvalue weighted by Crippen LogP contribution is 2.37. The van der Waals surface area contributed by atoms with E-state index in [1.54, 1.807) is 25.3 Å². The highest BCUT2D eigenvalue weighted by Gasteiger charge is 2.33. The van der Waals surface area contributed by atoms with Crippen LogP contribution in [-0.2, 0) is 10.3 Å². The number of halogens is 1. The molecule has 0 spiro atoms. The SMILES string of the molecule is COc1ccc(Cl)c(C2(O)CCOCC2)c1. The van der Waals surface area contributed by atoms with Crippen molar-refractivity contribution >= 4 is 11.6 Å². The first kappa shape index (κ1) is 11.7. The zero-order chi connectivity index (χ0) is 11.6. The lowest BCUT2D eigenvalue weighted by Gasteiger charge is -2.33. The summed E-state index contributed by atoms with van der Waals surface area (Å²) in [6.07, 6.45) is 1.14. The van der Waals surface area contributed by atoms with Crippen molar-refractivity contribution in [2.75, 3.05) is 20.3 Å². The summed E-state index contributed by atoms with van der Waals surface area (Å²) in [6, 6.07) is 5.34. The molecule has 0 aromatic heterocycles. The molecule has 1 aromatic carbocycles. The average molecular weight is 243 g/mol. The van der Waals surface area contributed by atoms with Gasteiger partial charge in [-0.15, -0.1) is 0 Å². The molecule has 0 bridgehead atoms. The van der Waals surface area contributed by atoms with Gasteiger partial charge in [-0.3, -0.25) is 0 Å². The molecule has 0 radical (unpaired) electrons. The van der Waals surface area contributed by atoms with Gasteiger partial charge in [0.1, 0.15) is 5.75 Å². The molecule has 3 nitrogen and oxygen atoms in total. The lowest BCUT2D eigenvalue weighted by atomic mass is 9.86. The first-order valence-electron chi connectivity index (χ1n) is 5.30. The normalized spacial score (nSPS) is 19.4. The molecule has 2 rings (SSSR count). The summed E-state index contributed by atoms with van der Waals surface area (Å²) in [4.78, 5) is 0. The molecule has 4 heteroatoms. The zero-order valence-electron chi connectivity index (χ0n) is 9.20. The first-order valence-corrected chi connectivity index (χ1v) is 5.68. The zero-order valence-corrected chi connectivity index (χ0v) is 9.96. The Labute approximate surface area is 99.9 Å². The number of rotatable bonds is 2. The van der Waals surface area contributed by atoms with Crippen molar-refractivity contribution in [3.05, 3.63) is 28.8 Å². The van der Waals surface area contributed by atoms with Gasteiger partial charge in [-0.2, -0.15) is 0 Å². The van der Waals surface area contributed by atoms with Crippen LogP contribution < -0.4 is 4.74 Å². The molecule has 1 heterocycles. The molecule has 0 aliphatic carbocycles. The molecule has 1 fully saturated rings. The van der Waals surface area contributed by atoms with Crippen LogP contribution in [0.3, 0.4) is 0 Å². The summed E-state index contributed by atoms with van der Waals surface area (Å²) in [7, 11) is 1.60. The van der Waals surface area contributed by atoms with Gasteiger partial charge in [-0.1, -0.05) is 11.6 Å². The van der Waals surface area contributed by atoms with Crippen molar-refractivity contribution in [2.24, 2.45) is 0 Å². The molecular weight excluding hydrogens is 228 g/mol. The number of methoxy groups -OCH3 is 1. The molecule has 1 aromatic rings. The Kier molecular flexibility index (Phi) is 3.38. The topological polar surface area (TPSA) is 38.7 Å². The van der Waals surface area contributed by atoms with E-state index in [0.717, 1.165) is 5.56 Å².